The second kappa shape index (κ2) is 6.94. The number of carboxylic acids is 1. The van der Waals surface area contributed by atoms with Gasteiger partial charge in [0.1, 0.15) is 16.8 Å². The van der Waals surface area contributed by atoms with Crippen molar-refractivity contribution in [3.63, 3.8) is 0 Å². The Hall–Kier alpha value is -3.35. The molecule has 8 rings (SSSR count). The van der Waals surface area contributed by atoms with Crippen molar-refractivity contribution in [2.45, 2.75) is 41.1 Å². The zero-order chi connectivity index (χ0) is 25.4. The number of carbonyl (C=O) groups excluding carboxylic acids is 1. The van der Waals surface area contributed by atoms with E-state index in [1.807, 2.05) is 13.3 Å². The monoisotopic (exact) mass is 533 g/mol. The number of allylic oxidation sites excluding steroid dienone is 3. The molecular formula is C25H21N6O4S2+. The molecule has 6 heterocycles. The summed E-state index contributed by atoms with van der Waals surface area (Å²) in [4.78, 5) is 36.3. The molecule has 1 fully saturated rings. The molecule has 5 aliphatic heterocycles. The Bertz CT molecular complexity index is 1770. The van der Waals surface area contributed by atoms with Gasteiger partial charge in [-0.1, -0.05) is 11.8 Å². The first-order chi connectivity index (χ1) is 17.8. The molecule has 1 aromatic heterocycles. The standard InChI is InChI=1S/C25H20N6O4S2/c1-30-8-28-23(11(30)4-10(26)24(34)35)37-22-19-12(32)5-13-25(22)6-14(36-13)29-18-16(25)20-15-9(2-3-31(19)20)7-27-17(15)21(18)33/h5,7-8,10,14H,2-4,6,26H2,1H3,(H2,27,29,33,34,35)/p+1/t10?,14-,25+/m0/s1. The first kappa shape index (κ1) is 21.7. The topological polar surface area (TPSA) is 146 Å². The number of anilines is 1. The summed E-state index contributed by atoms with van der Waals surface area (Å²) in [6.45, 7) is 0.630. The number of rotatable bonds is 5. The molecule has 0 amide bonds. The number of thioether (sulfide) groups is 2. The lowest BCUT2D eigenvalue weighted by atomic mass is 9.68. The van der Waals surface area contributed by atoms with E-state index in [0.717, 1.165) is 37.9 Å². The second-order valence-corrected chi connectivity index (χ2v) is 12.4. The van der Waals surface area contributed by atoms with Crippen molar-refractivity contribution in [3.8, 4) is 5.75 Å². The fourth-order valence-electron chi connectivity index (χ4n) is 6.58. The van der Waals surface area contributed by atoms with E-state index in [4.69, 9.17) is 5.73 Å². The number of aromatic nitrogens is 2. The van der Waals surface area contributed by atoms with Gasteiger partial charge in [-0.05, 0) is 12.0 Å². The van der Waals surface area contributed by atoms with Crippen LogP contribution in [0.5, 0.6) is 5.75 Å². The average Bonchev–Trinajstić information content (AvgIpc) is 3.52. The number of carbonyl (C=O) groups is 2. The number of phenolic OH excluding ortho intramolecular Hbond substituents is 1. The normalized spacial score (nSPS) is 26.1. The Balaban J connectivity index is 1.43. The maximum Gasteiger partial charge on any atom is 0.320 e. The van der Waals surface area contributed by atoms with Gasteiger partial charge < -0.3 is 25.8 Å². The van der Waals surface area contributed by atoms with E-state index >= 15 is 0 Å². The lowest BCUT2D eigenvalue weighted by molar-refractivity contribution is -0.138. The molecule has 12 heteroatoms. The van der Waals surface area contributed by atoms with Crippen LogP contribution in [0.25, 0.3) is 5.57 Å². The van der Waals surface area contributed by atoms with Gasteiger partial charge in [-0.25, -0.2) is 4.98 Å². The van der Waals surface area contributed by atoms with Gasteiger partial charge in [0, 0.05) is 37.1 Å². The predicted molar refractivity (Wildman–Crippen MR) is 139 cm³/mol. The maximum absolute atomic E-state index is 13.8. The first-order valence-electron chi connectivity index (χ1n) is 12.0. The number of nitrogens with zero attached hydrogens (tertiary/aromatic N) is 4. The maximum atomic E-state index is 13.8. The van der Waals surface area contributed by atoms with Crippen LogP contribution in [-0.2, 0) is 28.5 Å². The number of nitrogens with one attached hydrogen (secondary N) is 1. The number of aromatic hydroxyl groups is 1. The number of nitrogens with two attached hydrogens (primary N) is 1. The van der Waals surface area contributed by atoms with E-state index in [9.17, 15) is 19.8 Å². The molecule has 37 heavy (non-hydrogen) atoms. The predicted octanol–water partition coefficient (Wildman–Crippen LogP) is 0.452. The number of benzene rings is 1. The van der Waals surface area contributed by atoms with Crippen LogP contribution in [0.4, 0.5) is 11.4 Å². The van der Waals surface area contributed by atoms with E-state index in [-0.39, 0.29) is 23.3 Å². The van der Waals surface area contributed by atoms with Gasteiger partial charge >= 0.3 is 5.97 Å². The summed E-state index contributed by atoms with van der Waals surface area (Å²) in [6.07, 6.45) is 6.84. The number of fused-ring (bicyclic) bond motifs is 2. The summed E-state index contributed by atoms with van der Waals surface area (Å²) in [5.74, 6) is -0.962. The minimum Gasteiger partial charge on any atom is -0.504 e. The van der Waals surface area contributed by atoms with Crippen molar-refractivity contribution < 1.29 is 19.8 Å². The van der Waals surface area contributed by atoms with Gasteiger partial charge in [0.2, 0.25) is 5.36 Å². The molecule has 0 saturated carbocycles. The minimum atomic E-state index is -1.08. The lowest BCUT2D eigenvalue weighted by Crippen LogP contribution is -2.57. The van der Waals surface area contributed by atoms with E-state index < -0.39 is 17.4 Å². The zero-order valence-corrected chi connectivity index (χ0v) is 21.2. The van der Waals surface area contributed by atoms with Gasteiger partial charge in [-0.15, -0.1) is 11.8 Å². The van der Waals surface area contributed by atoms with Crippen LogP contribution in [0.1, 0.15) is 24.1 Å². The summed E-state index contributed by atoms with van der Waals surface area (Å²) in [5, 5.41) is 26.9. The molecule has 1 aromatic carbocycles. The number of hydrogen-bond acceptors (Lipinski definition) is 9. The van der Waals surface area contributed by atoms with Crippen molar-refractivity contribution in [1.82, 2.24) is 14.1 Å². The largest absolute Gasteiger partial charge is 0.504 e. The van der Waals surface area contributed by atoms with Crippen molar-refractivity contribution in [2.75, 3.05) is 11.9 Å². The number of aliphatic imine (C=N–C) groups is 1. The number of ketones is 1. The van der Waals surface area contributed by atoms with E-state index in [1.165, 1.54) is 11.8 Å². The van der Waals surface area contributed by atoms with Crippen molar-refractivity contribution >= 4 is 58.4 Å². The Morgan fingerprint density at radius 2 is 2.32 bits per heavy atom. The van der Waals surface area contributed by atoms with Crippen LogP contribution < -0.4 is 26.2 Å². The molecule has 0 radical (unpaired) electrons. The number of aliphatic carboxylic acids is 1. The zero-order valence-electron chi connectivity index (χ0n) is 19.6. The number of imidazole rings is 1. The number of aryl methyl sites for hydroxylation is 1. The summed E-state index contributed by atoms with van der Waals surface area (Å²) in [5.41, 5.74) is 10.0. The van der Waals surface area contributed by atoms with Crippen LogP contribution in [0.3, 0.4) is 0 Å². The Morgan fingerprint density at radius 1 is 1.49 bits per heavy atom. The summed E-state index contributed by atoms with van der Waals surface area (Å²) < 4.78 is 3.90. The van der Waals surface area contributed by atoms with E-state index in [1.54, 1.807) is 28.7 Å². The van der Waals surface area contributed by atoms with Crippen LogP contribution in [0, 0.1) is 0 Å². The SMILES string of the molecule is Cn1cnc(SC2=C3C(=O)C=C4S[C@H]5C[C@]42c2c(c(O)c4c6c2=[N+]3CCC=6C=N4)N5)c1CC(N)C(=O)O. The molecule has 2 aromatic rings. The lowest BCUT2D eigenvalue weighted by Gasteiger charge is -2.41. The summed E-state index contributed by atoms with van der Waals surface area (Å²) >= 11 is 3.07. The molecule has 10 nitrogen and oxygen atoms in total. The van der Waals surface area contributed by atoms with Crippen molar-refractivity contribution in [1.29, 1.82) is 0 Å². The number of carboxylic acid groups (broad SMARTS) is 1. The highest BCUT2D eigenvalue weighted by molar-refractivity contribution is 8.05. The number of phenols is 1. The fourth-order valence-corrected chi connectivity index (χ4v) is 9.54. The fraction of sp³-hybridized carbons (Fsp3) is 0.320. The van der Waals surface area contributed by atoms with Crippen LogP contribution in [-0.4, -0.2) is 55.7 Å². The molecule has 5 N–H and O–H groups in total. The molecule has 6 aliphatic rings. The van der Waals surface area contributed by atoms with Crippen LogP contribution in [0.2, 0.25) is 0 Å². The third-order valence-electron chi connectivity index (χ3n) is 8.20. The van der Waals surface area contributed by atoms with Crippen LogP contribution >= 0.6 is 23.5 Å². The highest BCUT2D eigenvalue weighted by Crippen LogP contribution is 2.66. The third kappa shape index (κ3) is 2.51. The van der Waals surface area contributed by atoms with E-state index in [2.05, 4.69) is 19.9 Å². The molecular weight excluding hydrogens is 512 g/mol. The van der Waals surface area contributed by atoms with Crippen molar-refractivity contribution in [2.24, 2.45) is 17.8 Å². The van der Waals surface area contributed by atoms with Gasteiger partial charge in [0.05, 0.1) is 44.2 Å². The molecule has 1 aliphatic carbocycles. The summed E-state index contributed by atoms with van der Waals surface area (Å²) in [7, 11) is 1.82. The molecule has 186 valence electrons. The van der Waals surface area contributed by atoms with Crippen molar-refractivity contribution in [3.05, 3.63) is 49.7 Å². The van der Waals surface area contributed by atoms with Gasteiger partial charge in [0.25, 0.3) is 11.5 Å². The first-order valence-corrected chi connectivity index (χ1v) is 13.7. The smallest absolute Gasteiger partial charge is 0.320 e. The minimum absolute atomic E-state index is 0.00902. The Labute approximate surface area is 218 Å². The molecule has 1 saturated heterocycles. The van der Waals surface area contributed by atoms with Gasteiger partial charge in [-0.3, -0.25) is 14.6 Å². The molecule has 1 unspecified atom stereocenters. The van der Waals surface area contributed by atoms with Gasteiger partial charge in [0.15, 0.2) is 12.3 Å². The number of hydrogen-bond donors (Lipinski definition) is 4. The summed E-state index contributed by atoms with van der Waals surface area (Å²) in [6, 6.07) is -1.06. The Morgan fingerprint density at radius 3 is 3.14 bits per heavy atom. The second-order valence-electron chi connectivity index (χ2n) is 10.1. The van der Waals surface area contributed by atoms with Gasteiger partial charge in [-0.2, -0.15) is 4.58 Å². The van der Waals surface area contributed by atoms with Crippen LogP contribution in [0.15, 0.2) is 37.9 Å². The highest BCUT2D eigenvalue weighted by Gasteiger charge is 2.63. The third-order valence-corrected chi connectivity index (χ3v) is 10.8. The molecule has 3 atom stereocenters. The quantitative estimate of drug-likeness (QED) is 0.318. The molecule has 1 spiro atoms. The highest BCUT2D eigenvalue weighted by atomic mass is 32.2. The molecule has 3 bridgehead atoms. The van der Waals surface area contributed by atoms with E-state index in [0.29, 0.717) is 40.8 Å². The average molecular weight is 534 g/mol. The Kier molecular flexibility index (Phi) is 4.07.